The van der Waals surface area contributed by atoms with Gasteiger partial charge in [0, 0.05) is 29.3 Å². The first-order valence-electron chi connectivity index (χ1n) is 9.01. The standard InChI is InChI=1S/C19H22F3N3OS/c1-3-15-6-4-5-11-24(15)17(26)23-18-25(12-13(2)27-18)16-9-7-14(8-10-16)19(20,21)22/h7-10,12,15H,3-6,11H2,1-2H3. The Morgan fingerprint density at radius 1 is 1.26 bits per heavy atom. The number of halogens is 3. The normalized spacial score (nSPS) is 18.8. The molecule has 0 N–H and O–H groups in total. The van der Waals surface area contributed by atoms with Gasteiger partial charge >= 0.3 is 12.2 Å². The molecule has 1 atom stereocenters. The van der Waals surface area contributed by atoms with E-state index in [-0.39, 0.29) is 12.1 Å². The van der Waals surface area contributed by atoms with Gasteiger partial charge in [0.15, 0.2) is 4.80 Å². The number of piperidine rings is 1. The number of benzene rings is 1. The average Bonchev–Trinajstić information content (AvgIpc) is 3.01. The SMILES string of the molecule is CCC1CCCCN1C(=O)N=c1sc(C)cn1-c1ccc(C(F)(F)F)cc1. The van der Waals surface area contributed by atoms with Crippen LogP contribution in [0.5, 0.6) is 0 Å². The van der Waals surface area contributed by atoms with Gasteiger partial charge in [-0.25, -0.2) is 4.79 Å². The van der Waals surface area contributed by atoms with E-state index in [2.05, 4.69) is 11.9 Å². The number of nitrogens with zero attached hydrogens (tertiary/aromatic N) is 3. The van der Waals surface area contributed by atoms with Gasteiger partial charge in [-0.15, -0.1) is 11.3 Å². The zero-order chi connectivity index (χ0) is 19.6. The third-order valence-corrected chi connectivity index (χ3v) is 5.68. The summed E-state index contributed by atoms with van der Waals surface area (Å²) in [7, 11) is 0. The largest absolute Gasteiger partial charge is 0.416 e. The van der Waals surface area contributed by atoms with Gasteiger partial charge in [-0.3, -0.25) is 4.57 Å². The van der Waals surface area contributed by atoms with Crippen molar-refractivity contribution in [2.75, 3.05) is 6.54 Å². The van der Waals surface area contributed by atoms with E-state index in [0.717, 1.165) is 42.7 Å². The van der Waals surface area contributed by atoms with Crippen molar-refractivity contribution in [3.05, 3.63) is 45.7 Å². The van der Waals surface area contributed by atoms with E-state index in [0.29, 0.717) is 17.0 Å². The van der Waals surface area contributed by atoms with E-state index in [9.17, 15) is 18.0 Å². The van der Waals surface area contributed by atoms with Crippen LogP contribution in [0.3, 0.4) is 0 Å². The highest BCUT2D eigenvalue weighted by Gasteiger charge is 2.30. The van der Waals surface area contributed by atoms with Gasteiger partial charge in [-0.1, -0.05) is 6.92 Å². The molecule has 27 heavy (non-hydrogen) atoms. The number of likely N-dealkylation sites (tertiary alicyclic amines) is 1. The Bertz CT molecular complexity index is 868. The molecule has 0 radical (unpaired) electrons. The lowest BCUT2D eigenvalue weighted by Gasteiger charge is -2.33. The van der Waals surface area contributed by atoms with Crippen molar-refractivity contribution in [2.45, 2.75) is 51.7 Å². The Morgan fingerprint density at radius 2 is 1.96 bits per heavy atom. The molecule has 2 heterocycles. The predicted octanol–water partition coefficient (Wildman–Crippen LogP) is 5.15. The van der Waals surface area contributed by atoms with Gasteiger partial charge in [0.2, 0.25) is 0 Å². The second-order valence-electron chi connectivity index (χ2n) is 6.68. The minimum Gasteiger partial charge on any atom is -0.320 e. The van der Waals surface area contributed by atoms with Crippen LogP contribution in [0, 0.1) is 6.92 Å². The first kappa shape index (κ1) is 19.7. The van der Waals surface area contributed by atoms with Crippen LogP contribution >= 0.6 is 11.3 Å². The quantitative estimate of drug-likeness (QED) is 0.690. The van der Waals surface area contributed by atoms with Crippen molar-refractivity contribution < 1.29 is 18.0 Å². The molecule has 3 rings (SSSR count). The van der Waals surface area contributed by atoms with Crippen LogP contribution in [-0.2, 0) is 6.18 Å². The highest BCUT2D eigenvalue weighted by atomic mass is 32.1. The number of rotatable bonds is 2. The highest BCUT2D eigenvalue weighted by Crippen LogP contribution is 2.29. The summed E-state index contributed by atoms with van der Waals surface area (Å²) in [5.74, 6) is 0. The highest BCUT2D eigenvalue weighted by molar-refractivity contribution is 7.09. The number of hydrogen-bond donors (Lipinski definition) is 0. The zero-order valence-electron chi connectivity index (χ0n) is 15.3. The van der Waals surface area contributed by atoms with Crippen LogP contribution in [0.4, 0.5) is 18.0 Å². The number of carbonyl (C=O) groups excluding carboxylic acids is 1. The lowest BCUT2D eigenvalue weighted by molar-refractivity contribution is -0.137. The van der Waals surface area contributed by atoms with Crippen molar-refractivity contribution >= 4 is 17.4 Å². The first-order valence-corrected chi connectivity index (χ1v) is 9.83. The van der Waals surface area contributed by atoms with E-state index in [4.69, 9.17) is 0 Å². The lowest BCUT2D eigenvalue weighted by Crippen LogP contribution is -2.42. The molecular formula is C19H22F3N3OS. The van der Waals surface area contributed by atoms with E-state index >= 15 is 0 Å². The molecule has 2 aromatic rings. The molecule has 1 fully saturated rings. The molecule has 146 valence electrons. The van der Waals surface area contributed by atoms with E-state index < -0.39 is 11.7 Å². The number of hydrogen-bond acceptors (Lipinski definition) is 2. The summed E-state index contributed by atoms with van der Waals surface area (Å²) in [5, 5.41) is 0. The third kappa shape index (κ3) is 4.43. The lowest BCUT2D eigenvalue weighted by atomic mass is 10.0. The van der Waals surface area contributed by atoms with Crippen LogP contribution in [-0.4, -0.2) is 28.1 Å². The van der Waals surface area contributed by atoms with Crippen LogP contribution in [0.25, 0.3) is 5.69 Å². The summed E-state index contributed by atoms with van der Waals surface area (Å²) >= 11 is 1.35. The second-order valence-corrected chi connectivity index (χ2v) is 7.90. The Hall–Kier alpha value is -2.09. The second kappa shape index (κ2) is 7.88. The van der Waals surface area contributed by atoms with Crippen LogP contribution < -0.4 is 4.80 Å². The summed E-state index contributed by atoms with van der Waals surface area (Å²) < 4.78 is 40.0. The number of urea groups is 1. The minimum atomic E-state index is -4.37. The third-order valence-electron chi connectivity index (χ3n) is 4.78. The summed E-state index contributed by atoms with van der Waals surface area (Å²) in [6, 6.07) is 4.81. The molecule has 1 aromatic heterocycles. The molecule has 4 nitrogen and oxygen atoms in total. The zero-order valence-corrected chi connectivity index (χ0v) is 16.1. The topological polar surface area (TPSA) is 37.6 Å². The summed E-state index contributed by atoms with van der Waals surface area (Å²) in [6.45, 7) is 4.64. The fourth-order valence-electron chi connectivity index (χ4n) is 3.35. The first-order chi connectivity index (χ1) is 12.8. The molecular weight excluding hydrogens is 375 g/mol. The molecule has 0 aliphatic carbocycles. The molecule has 0 saturated carbocycles. The van der Waals surface area contributed by atoms with Gasteiger partial charge in [-0.2, -0.15) is 18.2 Å². The summed E-state index contributed by atoms with van der Waals surface area (Å²) in [4.78, 5) is 20.2. The Balaban J connectivity index is 1.94. The number of carbonyl (C=O) groups is 1. The van der Waals surface area contributed by atoms with Gasteiger partial charge < -0.3 is 4.90 Å². The van der Waals surface area contributed by atoms with E-state index in [1.807, 2.05) is 11.8 Å². The fourth-order valence-corrected chi connectivity index (χ4v) is 4.18. The molecule has 1 unspecified atom stereocenters. The molecule has 2 amide bonds. The van der Waals surface area contributed by atoms with Gasteiger partial charge in [0.1, 0.15) is 0 Å². The van der Waals surface area contributed by atoms with E-state index in [1.54, 1.807) is 10.8 Å². The molecule has 1 aliphatic rings. The van der Waals surface area contributed by atoms with Gasteiger partial charge in [-0.05, 0) is 56.9 Å². The van der Waals surface area contributed by atoms with Crippen LogP contribution in [0.15, 0.2) is 35.5 Å². The summed E-state index contributed by atoms with van der Waals surface area (Å²) in [6.07, 6.45) is 1.38. The Kier molecular flexibility index (Phi) is 5.74. The number of alkyl halides is 3. The monoisotopic (exact) mass is 397 g/mol. The van der Waals surface area contributed by atoms with Crippen molar-refractivity contribution in [3.8, 4) is 5.69 Å². The number of thiazole rings is 1. The minimum absolute atomic E-state index is 0.204. The predicted molar refractivity (Wildman–Crippen MR) is 99.0 cm³/mol. The molecule has 1 aromatic carbocycles. The number of amides is 2. The Labute approximate surface area is 160 Å². The van der Waals surface area contributed by atoms with Crippen molar-refractivity contribution in [1.82, 2.24) is 9.47 Å². The molecule has 0 bridgehead atoms. The van der Waals surface area contributed by atoms with Crippen LogP contribution in [0.1, 0.15) is 43.0 Å². The average molecular weight is 397 g/mol. The maximum absolute atomic E-state index is 12.8. The van der Waals surface area contributed by atoms with Crippen molar-refractivity contribution in [3.63, 3.8) is 0 Å². The molecule has 8 heteroatoms. The van der Waals surface area contributed by atoms with Crippen molar-refractivity contribution in [2.24, 2.45) is 4.99 Å². The number of aromatic nitrogens is 1. The van der Waals surface area contributed by atoms with E-state index in [1.165, 1.54) is 23.5 Å². The molecule has 1 saturated heterocycles. The maximum atomic E-state index is 12.8. The van der Waals surface area contributed by atoms with Gasteiger partial charge in [0.05, 0.1) is 5.56 Å². The number of aryl methyl sites for hydroxylation is 1. The van der Waals surface area contributed by atoms with Crippen molar-refractivity contribution in [1.29, 1.82) is 0 Å². The fraction of sp³-hybridized carbons (Fsp3) is 0.474. The van der Waals surface area contributed by atoms with Gasteiger partial charge in [0.25, 0.3) is 0 Å². The summed E-state index contributed by atoms with van der Waals surface area (Å²) in [5.41, 5.74) is -0.156. The smallest absolute Gasteiger partial charge is 0.320 e. The Morgan fingerprint density at radius 3 is 2.59 bits per heavy atom. The molecule has 1 aliphatic heterocycles. The molecule has 0 spiro atoms. The maximum Gasteiger partial charge on any atom is 0.416 e. The van der Waals surface area contributed by atoms with Crippen LogP contribution in [0.2, 0.25) is 0 Å².